The van der Waals surface area contributed by atoms with E-state index >= 15 is 0 Å². The first-order valence-corrected chi connectivity index (χ1v) is 3.27. The molecule has 1 heterocycles. The number of aliphatic imine (C=N–C) groups is 2. The van der Waals surface area contributed by atoms with Gasteiger partial charge in [-0.2, -0.15) is 0 Å². The van der Waals surface area contributed by atoms with Crippen molar-refractivity contribution in [3.63, 3.8) is 0 Å². The number of amides is 1. The zero-order valence-electron chi connectivity index (χ0n) is 6.32. The van der Waals surface area contributed by atoms with E-state index in [1.807, 2.05) is 7.05 Å². The van der Waals surface area contributed by atoms with Gasteiger partial charge in [0, 0.05) is 7.05 Å². The summed E-state index contributed by atoms with van der Waals surface area (Å²) in [7, 11) is 1.84. The zero-order chi connectivity index (χ0) is 8.10. The van der Waals surface area contributed by atoms with Gasteiger partial charge in [0.05, 0.1) is 12.7 Å². The summed E-state index contributed by atoms with van der Waals surface area (Å²) in [6, 6.07) is 0. The minimum Gasteiger partial charge on any atom is -0.347 e. The van der Waals surface area contributed by atoms with Crippen LogP contribution in [0.1, 0.15) is 0 Å². The van der Waals surface area contributed by atoms with E-state index < -0.39 is 0 Å². The van der Waals surface area contributed by atoms with Gasteiger partial charge in [-0.25, -0.2) is 0 Å². The molecule has 1 rings (SSSR count). The van der Waals surface area contributed by atoms with Crippen LogP contribution in [0.25, 0.3) is 0 Å². The van der Waals surface area contributed by atoms with Crippen molar-refractivity contribution >= 4 is 18.6 Å². The van der Waals surface area contributed by atoms with Gasteiger partial charge < -0.3 is 10.2 Å². The fraction of sp³-hybridized carbons (Fsp3) is 0.500. The molecule has 5 heteroatoms. The maximum Gasteiger partial charge on any atom is 0.246 e. The molecular weight excluding hydrogens is 144 g/mol. The van der Waals surface area contributed by atoms with Crippen LogP contribution in [0.15, 0.2) is 9.98 Å². The zero-order valence-corrected chi connectivity index (χ0v) is 6.32. The molecule has 0 saturated heterocycles. The highest BCUT2D eigenvalue weighted by Gasteiger charge is 1.97. The van der Waals surface area contributed by atoms with Crippen molar-refractivity contribution in [3.8, 4) is 0 Å². The van der Waals surface area contributed by atoms with Crippen LogP contribution >= 0.6 is 0 Å². The number of carbonyl (C=O) groups excluding carboxylic acids is 1. The largest absolute Gasteiger partial charge is 0.347 e. The van der Waals surface area contributed by atoms with E-state index in [2.05, 4.69) is 15.3 Å². The highest BCUT2D eigenvalue weighted by molar-refractivity contribution is 5.89. The predicted octanol–water partition coefficient (Wildman–Crippen LogP) is -0.938. The molecule has 1 aliphatic heterocycles. The summed E-state index contributed by atoms with van der Waals surface area (Å²) in [5.41, 5.74) is 0. The Kier molecular flexibility index (Phi) is 2.59. The van der Waals surface area contributed by atoms with Crippen molar-refractivity contribution in [1.29, 1.82) is 0 Å². The summed E-state index contributed by atoms with van der Waals surface area (Å²) < 4.78 is 0. The maximum atomic E-state index is 10.8. The van der Waals surface area contributed by atoms with Gasteiger partial charge in [0.25, 0.3) is 0 Å². The van der Waals surface area contributed by atoms with Gasteiger partial charge in [0.2, 0.25) is 5.91 Å². The summed E-state index contributed by atoms with van der Waals surface area (Å²) >= 11 is 0. The number of hydrogen-bond donors (Lipinski definition) is 1. The number of hydrogen-bond acceptors (Lipinski definition) is 4. The summed E-state index contributed by atoms with van der Waals surface area (Å²) in [5.74, 6) is -0.139. The van der Waals surface area contributed by atoms with Crippen molar-refractivity contribution in [1.82, 2.24) is 10.2 Å². The Labute approximate surface area is 64.8 Å². The molecule has 0 aliphatic carbocycles. The fourth-order valence-electron chi connectivity index (χ4n) is 0.633. The number of rotatable bonds is 0. The molecule has 1 N–H and O–H groups in total. The average Bonchev–Trinajstić information content (AvgIpc) is 2.04. The van der Waals surface area contributed by atoms with Gasteiger partial charge in [0.15, 0.2) is 0 Å². The third kappa shape index (κ3) is 2.79. The Hall–Kier alpha value is -1.39. The Morgan fingerprint density at radius 3 is 3.27 bits per heavy atom. The first kappa shape index (κ1) is 7.71. The second-order valence-corrected chi connectivity index (χ2v) is 2.23. The van der Waals surface area contributed by atoms with Gasteiger partial charge in [-0.1, -0.05) is 0 Å². The molecule has 0 bridgehead atoms. The Morgan fingerprint density at radius 2 is 2.45 bits per heavy atom. The van der Waals surface area contributed by atoms with E-state index in [1.54, 1.807) is 11.2 Å². The first-order valence-electron chi connectivity index (χ1n) is 3.27. The Morgan fingerprint density at radius 1 is 1.64 bits per heavy atom. The molecule has 0 spiro atoms. The molecule has 0 radical (unpaired) electrons. The standard InChI is InChI=1S/C6H10N4O/c1-10-4-7-2-6(11)9-3-8-5-10/h3-4H,2,5H2,1H3,(H,8,9,11)/b7-4-. The van der Waals surface area contributed by atoms with Crippen LogP contribution in [0.2, 0.25) is 0 Å². The summed E-state index contributed by atoms with van der Waals surface area (Å²) in [6.45, 7) is 0.681. The minimum absolute atomic E-state index is 0.139. The molecule has 0 unspecified atom stereocenters. The van der Waals surface area contributed by atoms with Crippen LogP contribution < -0.4 is 5.32 Å². The molecule has 0 saturated carbocycles. The third-order valence-corrected chi connectivity index (χ3v) is 1.14. The SMILES string of the molecule is CN1/C=N\CC(=O)N/C=N\C1. The lowest BCUT2D eigenvalue weighted by Crippen LogP contribution is -2.23. The molecule has 5 nitrogen and oxygen atoms in total. The number of carbonyl (C=O) groups is 1. The number of nitrogens with one attached hydrogen (secondary N) is 1. The molecule has 0 aromatic heterocycles. The quantitative estimate of drug-likeness (QED) is 0.489. The summed E-state index contributed by atoms with van der Waals surface area (Å²) in [5, 5.41) is 2.47. The molecular formula is C6H10N4O. The van der Waals surface area contributed by atoms with Gasteiger partial charge in [-0.05, 0) is 0 Å². The Balaban J connectivity index is 2.56. The molecule has 60 valence electrons. The van der Waals surface area contributed by atoms with E-state index in [0.717, 1.165) is 0 Å². The van der Waals surface area contributed by atoms with Crippen LogP contribution in [0.3, 0.4) is 0 Å². The van der Waals surface area contributed by atoms with Crippen molar-refractivity contribution < 1.29 is 4.79 Å². The molecule has 1 amide bonds. The first-order chi connectivity index (χ1) is 5.29. The highest BCUT2D eigenvalue weighted by Crippen LogP contribution is 1.80. The van der Waals surface area contributed by atoms with E-state index in [9.17, 15) is 4.79 Å². The summed E-state index contributed by atoms with van der Waals surface area (Å²) in [6.07, 6.45) is 3.00. The third-order valence-electron chi connectivity index (χ3n) is 1.14. The molecule has 0 atom stereocenters. The molecule has 0 aromatic carbocycles. The number of nitrogens with zero attached hydrogens (tertiary/aromatic N) is 3. The smallest absolute Gasteiger partial charge is 0.246 e. The van der Waals surface area contributed by atoms with Crippen LogP contribution in [-0.2, 0) is 4.79 Å². The highest BCUT2D eigenvalue weighted by atomic mass is 16.1. The van der Waals surface area contributed by atoms with Crippen LogP contribution in [0.4, 0.5) is 0 Å². The molecule has 0 fully saturated rings. The lowest BCUT2D eigenvalue weighted by Gasteiger charge is -2.06. The van der Waals surface area contributed by atoms with E-state index in [1.165, 1.54) is 6.34 Å². The van der Waals surface area contributed by atoms with Crippen molar-refractivity contribution in [2.45, 2.75) is 0 Å². The van der Waals surface area contributed by atoms with Crippen LogP contribution in [0, 0.1) is 0 Å². The van der Waals surface area contributed by atoms with E-state index in [-0.39, 0.29) is 12.5 Å². The van der Waals surface area contributed by atoms with Gasteiger partial charge in [-0.15, -0.1) is 0 Å². The predicted molar refractivity (Wildman–Crippen MR) is 42.6 cm³/mol. The monoisotopic (exact) mass is 154 g/mol. The lowest BCUT2D eigenvalue weighted by atomic mass is 10.6. The van der Waals surface area contributed by atoms with Gasteiger partial charge in [0.1, 0.15) is 13.2 Å². The topological polar surface area (TPSA) is 57.1 Å². The molecule has 1 aliphatic rings. The Bertz CT molecular complexity index is 199. The van der Waals surface area contributed by atoms with Crippen molar-refractivity contribution in [3.05, 3.63) is 0 Å². The second-order valence-electron chi connectivity index (χ2n) is 2.23. The van der Waals surface area contributed by atoms with Crippen LogP contribution in [0.5, 0.6) is 0 Å². The fourth-order valence-corrected chi connectivity index (χ4v) is 0.633. The minimum atomic E-state index is -0.139. The average molecular weight is 154 g/mol. The second kappa shape index (κ2) is 3.70. The van der Waals surface area contributed by atoms with Crippen molar-refractivity contribution in [2.75, 3.05) is 20.3 Å². The van der Waals surface area contributed by atoms with Crippen molar-refractivity contribution in [2.24, 2.45) is 9.98 Å². The van der Waals surface area contributed by atoms with E-state index in [0.29, 0.717) is 6.67 Å². The van der Waals surface area contributed by atoms with Gasteiger partial charge >= 0.3 is 0 Å². The maximum absolute atomic E-state index is 10.8. The molecule has 0 aromatic rings. The normalized spacial score (nSPS) is 24.5. The van der Waals surface area contributed by atoms with Gasteiger partial charge in [-0.3, -0.25) is 14.8 Å². The van der Waals surface area contributed by atoms with Crippen LogP contribution in [-0.4, -0.2) is 43.7 Å². The summed E-state index contributed by atoms with van der Waals surface area (Å²) in [4.78, 5) is 20.3. The molecule has 11 heavy (non-hydrogen) atoms. The lowest BCUT2D eigenvalue weighted by molar-refractivity contribution is -0.118. The van der Waals surface area contributed by atoms with E-state index in [4.69, 9.17) is 0 Å².